The molecule has 3 N–H and O–H groups in total. The van der Waals surface area contributed by atoms with Crippen molar-refractivity contribution in [3.63, 3.8) is 0 Å². The summed E-state index contributed by atoms with van der Waals surface area (Å²) >= 11 is 0. The van der Waals surface area contributed by atoms with Crippen molar-refractivity contribution in [3.8, 4) is 17.2 Å². The van der Waals surface area contributed by atoms with Gasteiger partial charge in [-0.1, -0.05) is 24.3 Å². The lowest BCUT2D eigenvalue weighted by Gasteiger charge is -2.16. The van der Waals surface area contributed by atoms with E-state index in [9.17, 15) is 0 Å². The van der Waals surface area contributed by atoms with E-state index in [2.05, 4.69) is 45.0 Å². The fraction of sp³-hybridized carbons (Fsp3) is 0.348. The van der Waals surface area contributed by atoms with Crippen molar-refractivity contribution < 1.29 is 14.2 Å². The minimum atomic E-state index is 0. The molecule has 0 spiro atoms. The number of benzene rings is 2. The molecule has 31 heavy (non-hydrogen) atoms. The second-order valence-electron chi connectivity index (χ2n) is 6.78. The topological polar surface area (TPSA) is 79.9 Å². The zero-order chi connectivity index (χ0) is 21.3. The number of H-pyrrole nitrogens is 1. The third kappa shape index (κ3) is 5.96. The number of hydrogen-bond acceptors (Lipinski definition) is 4. The van der Waals surface area contributed by atoms with E-state index in [-0.39, 0.29) is 24.0 Å². The molecule has 0 fully saturated rings. The van der Waals surface area contributed by atoms with Gasteiger partial charge in [-0.15, -0.1) is 24.0 Å². The van der Waals surface area contributed by atoms with Crippen molar-refractivity contribution in [2.24, 2.45) is 4.99 Å². The molecule has 3 rings (SSSR count). The van der Waals surface area contributed by atoms with Gasteiger partial charge in [0.25, 0.3) is 0 Å². The normalized spacial score (nSPS) is 11.0. The van der Waals surface area contributed by atoms with E-state index in [1.807, 2.05) is 18.2 Å². The summed E-state index contributed by atoms with van der Waals surface area (Å²) in [6, 6.07) is 12.2. The van der Waals surface area contributed by atoms with Crippen LogP contribution in [-0.2, 0) is 12.8 Å². The molecule has 3 aromatic rings. The van der Waals surface area contributed by atoms with Crippen LogP contribution in [0.15, 0.2) is 47.6 Å². The van der Waals surface area contributed by atoms with Gasteiger partial charge >= 0.3 is 0 Å². The van der Waals surface area contributed by atoms with Crippen LogP contribution in [0.4, 0.5) is 0 Å². The number of fused-ring (bicyclic) bond motifs is 1. The van der Waals surface area contributed by atoms with Crippen molar-refractivity contribution in [3.05, 3.63) is 53.7 Å². The number of halogens is 1. The summed E-state index contributed by atoms with van der Waals surface area (Å²) < 4.78 is 16.4. The molecule has 168 valence electrons. The average Bonchev–Trinajstić information content (AvgIpc) is 3.20. The van der Waals surface area contributed by atoms with Crippen LogP contribution in [0.2, 0.25) is 0 Å². The molecular weight excluding hydrogens is 507 g/mol. The highest BCUT2D eigenvalue weighted by atomic mass is 127. The zero-order valence-corrected chi connectivity index (χ0v) is 20.8. The van der Waals surface area contributed by atoms with E-state index in [4.69, 9.17) is 14.2 Å². The summed E-state index contributed by atoms with van der Waals surface area (Å²) in [5.74, 6) is 2.73. The van der Waals surface area contributed by atoms with Crippen molar-refractivity contribution in [1.82, 2.24) is 15.6 Å². The largest absolute Gasteiger partial charge is 0.493 e. The highest BCUT2D eigenvalue weighted by molar-refractivity contribution is 14.0. The molecule has 0 unspecified atom stereocenters. The summed E-state index contributed by atoms with van der Waals surface area (Å²) in [6.45, 7) is 1.50. The molecule has 0 radical (unpaired) electrons. The Kier molecular flexibility index (Phi) is 9.77. The zero-order valence-electron chi connectivity index (χ0n) is 18.5. The van der Waals surface area contributed by atoms with E-state index in [1.54, 1.807) is 28.4 Å². The molecule has 0 bridgehead atoms. The fourth-order valence-corrected chi connectivity index (χ4v) is 3.55. The average molecular weight is 538 g/mol. The Balaban J connectivity index is 0.00000341. The molecule has 2 aromatic carbocycles. The molecule has 0 saturated carbocycles. The Hall–Kier alpha value is -2.62. The first kappa shape index (κ1) is 24.6. The maximum absolute atomic E-state index is 5.55. The number of ether oxygens (including phenoxy) is 3. The number of rotatable bonds is 9. The molecule has 0 saturated heterocycles. The molecule has 0 aliphatic carbocycles. The van der Waals surface area contributed by atoms with E-state index in [1.165, 1.54) is 16.5 Å². The minimum Gasteiger partial charge on any atom is -0.493 e. The van der Waals surface area contributed by atoms with Crippen LogP contribution in [-0.4, -0.2) is 52.4 Å². The molecule has 0 aliphatic heterocycles. The Morgan fingerprint density at radius 1 is 0.871 bits per heavy atom. The standard InChI is InChI=1S/C23H30N4O3.HI/c1-24-23(26-14-12-17-15-27-19-8-6-5-7-18(17)19)25-13-11-16-9-10-20(28-2)22(30-4)21(16)29-3;/h5-10,15,27H,11-14H2,1-4H3,(H2,24,25,26);1H. The lowest BCUT2D eigenvalue weighted by Crippen LogP contribution is -2.39. The molecule has 8 heteroatoms. The first-order valence-corrected chi connectivity index (χ1v) is 9.99. The number of methoxy groups -OCH3 is 3. The predicted octanol–water partition coefficient (Wildman–Crippen LogP) is 3.76. The Morgan fingerprint density at radius 3 is 2.19 bits per heavy atom. The highest BCUT2D eigenvalue weighted by Crippen LogP contribution is 2.39. The third-order valence-corrected chi connectivity index (χ3v) is 5.06. The number of aromatic amines is 1. The van der Waals surface area contributed by atoms with E-state index in [0.717, 1.165) is 30.9 Å². The minimum absolute atomic E-state index is 0. The Bertz CT molecular complexity index is 1000. The van der Waals surface area contributed by atoms with Gasteiger partial charge in [0, 0.05) is 42.8 Å². The number of hydrogen-bond donors (Lipinski definition) is 3. The van der Waals surface area contributed by atoms with Crippen LogP contribution in [0.25, 0.3) is 10.9 Å². The fourth-order valence-electron chi connectivity index (χ4n) is 3.55. The lowest BCUT2D eigenvalue weighted by atomic mass is 10.1. The van der Waals surface area contributed by atoms with Gasteiger partial charge in [-0.2, -0.15) is 0 Å². The van der Waals surface area contributed by atoms with Gasteiger partial charge in [0.15, 0.2) is 17.5 Å². The van der Waals surface area contributed by atoms with E-state index in [0.29, 0.717) is 23.8 Å². The molecular formula is C23H31IN4O3. The second kappa shape index (κ2) is 12.3. The second-order valence-corrected chi connectivity index (χ2v) is 6.78. The third-order valence-electron chi connectivity index (χ3n) is 5.06. The smallest absolute Gasteiger partial charge is 0.203 e. The summed E-state index contributed by atoms with van der Waals surface area (Å²) in [5.41, 5.74) is 3.50. The molecule has 1 heterocycles. The van der Waals surface area contributed by atoms with Gasteiger partial charge in [-0.25, -0.2) is 0 Å². The number of aliphatic imine (C=N–C) groups is 1. The highest BCUT2D eigenvalue weighted by Gasteiger charge is 2.15. The molecule has 7 nitrogen and oxygen atoms in total. The number of para-hydroxylation sites is 1. The van der Waals surface area contributed by atoms with Crippen molar-refractivity contribution >= 4 is 40.8 Å². The maximum Gasteiger partial charge on any atom is 0.203 e. The quantitative estimate of drug-likeness (QED) is 0.220. The molecule has 0 aliphatic rings. The predicted molar refractivity (Wildman–Crippen MR) is 137 cm³/mol. The number of aromatic nitrogens is 1. The number of nitrogens with zero attached hydrogens (tertiary/aromatic N) is 1. The van der Waals surface area contributed by atoms with Gasteiger partial charge in [0.05, 0.1) is 21.3 Å². The molecule has 0 atom stereocenters. The van der Waals surface area contributed by atoms with Crippen LogP contribution in [0.5, 0.6) is 17.2 Å². The van der Waals surface area contributed by atoms with Crippen molar-refractivity contribution in [2.45, 2.75) is 12.8 Å². The van der Waals surface area contributed by atoms with Gasteiger partial charge in [-0.05, 0) is 30.5 Å². The van der Waals surface area contributed by atoms with E-state index >= 15 is 0 Å². The monoisotopic (exact) mass is 538 g/mol. The van der Waals surface area contributed by atoms with Gasteiger partial charge in [0.2, 0.25) is 5.75 Å². The van der Waals surface area contributed by atoms with Gasteiger partial charge in [0.1, 0.15) is 0 Å². The van der Waals surface area contributed by atoms with Crippen molar-refractivity contribution in [1.29, 1.82) is 0 Å². The summed E-state index contributed by atoms with van der Waals surface area (Å²) in [4.78, 5) is 7.63. The van der Waals surface area contributed by atoms with Gasteiger partial charge in [-0.3, -0.25) is 4.99 Å². The van der Waals surface area contributed by atoms with Crippen LogP contribution >= 0.6 is 24.0 Å². The lowest BCUT2D eigenvalue weighted by molar-refractivity contribution is 0.322. The summed E-state index contributed by atoms with van der Waals surface area (Å²) in [7, 11) is 6.64. The number of guanidine groups is 1. The van der Waals surface area contributed by atoms with Crippen LogP contribution in [0.1, 0.15) is 11.1 Å². The summed E-state index contributed by atoms with van der Waals surface area (Å²) in [5, 5.41) is 8.00. The van der Waals surface area contributed by atoms with Crippen LogP contribution in [0, 0.1) is 0 Å². The number of nitrogens with one attached hydrogen (secondary N) is 3. The first-order chi connectivity index (χ1) is 14.7. The maximum atomic E-state index is 5.55. The SMILES string of the molecule is CN=C(NCCc1ccc(OC)c(OC)c1OC)NCCc1c[nH]c2ccccc12.I. The van der Waals surface area contributed by atoms with Crippen LogP contribution in [0.3, 0.4) is 0 Å². The molecule has 0 amide bonds. The Morgan fingerprint density at radius 2 is 1.55 bits per heavy atom. The van der Waals surface area contributed by atoms with Gasteiger partial charge < -0.3 is 29.8 Å². The first-order valence-electron chi connectivity index (χ1n) is 9.99. The Labute approximate surface area is 200 Å². The van der Waals surface area contributed by atoms with Crippen LogP contribution < -0.4 is 24.8 Å². The molecule has 1 aromatic heterocycles. The van der Waals surface area contributed by atoms with E-state index < -0.39 is 0 Å². The summed E-state index contributed by atoms with van der Waals surface area (Å²) in [6.07, 6.45) is 3.74. The van der Waals surface area contributed by atoms with Crippen molar-refractivity contribution in [2.75, 3.05) is 41.5 Å².